The molecule has 0 saturated heterocycles. The molecule has 188 valence electrons. The second-order valence-electron chi connectivity index (χ2n) is 8.16. The summed E-state index contributed by atoms with van der Waals surface area (Å²) in [6.45, 7) is 6.09. The molecule has 2 N–H and O–H groups in total. The number of benzene rings is 2. The number of nitriles is 1. The number of nitrogens with one attached hydrogen (secondary N) is 2. The van der Waals surface area contributed by atoms with Crippen LogP contribution in [0.1, 0.15) is 29.5 Å². The Balaban J connectivity index is 1.92. The fourth-order valence-electron chi connectivity index (χ4n) is 4.04. The van der Waals surface area contributed by atoms with Gasteiger partial charge in [0.15, 0.2) is 0 Å². The van der Waals surface area contributed by atoms with Crippen LogP contribution in [0.15, 0.2) is 47.0 Å². The highest BCUT2D eigenvalue weighted by Crippen LogP contribution is 2.42. The van der Waals surface area contributed by atoms with Gasteiger partial charge in [-0.2, -0.15) is 5.26 Å². The van der Waals surface area contributed by atoms with E-state index < -0.39 is 23.7 Å². The van der Waals surface area contributed by atoms with Gasteiger partial charge in [0.1, 0.15) is 11.7 Å². The summed E-state index contributed by atoms with van der Waals surface area (Å²) in [7, 11) is 1.18. The van der Waals surface area contributed by atoms with Gasteiger partial charge in [-0.3, -0.25) is 14.4 Å². The van der Waals surface area contributed by atoms with Gasteiger partial charge in [0.05, 0.1) is 41.2 Å². The second kappa shape index (κ2) is 12.0. The largest absolute Gasteiger partial charge is 0.492 e. The Labute approximate surface area is 219 Å². The number of ether oxygens (including phenoxy) is 2. The zero-order valence-corrected chi connectivity index (χ0v) is 21.9. The highest BCUT2D eigenvalue weighted by atomic mass is 35.5. The molecule has 0 spiro atoms. The third-order valence-corrected chi connectivity index (χ3v) is 6.76. The van der Waals surface area contributed by atoms with E-state index in [0.29, 0.717) is 23.6 Å². The van der Waals surface area contributed by atoms with E-state index in [1.807, 2.05) is 39.0 Å². The quantitative estimate of drug-likeness (QED) is 0.384. The van der Waals surface area contributed by atoms with E-state index in [1.54, 1.807) is 18.2 Å². The first kappa shape index (κ1) is 27.1. The van der Waals surface area contributed by atoms with E-state index in [2.05, 4.69) is 16.7 Å². The topological polar surface area (TPSA) is 118 Å². The van der Waals surface area contributed by atoms with Crippen LogP contribution in [-0.4, -0.2) is 37.3 Å². The number of thioether (sulfide) groups is 1. The molecule has 2 atom stereocenters. The van der Waals surface area contributed by atoms with E-state index in [0.717, 1.165) is 22.9 Å². The van der Waals surface area contributed by atoms with Crippen LogP contribution in [0.5, 0.6) is 5.75 Å². The molecule has 36 heavy (non-hydrogen) atoms. The van der Waals surface area contributed by atoms with Crippen LogP contribution in [0.2, 0.25) is 5.02 Å². The summed E-state index contributed by atoms with van der Waals surface area (Å²) in [5.74, 6) is -3.59. The van der Waals surface area contributed by atoms with Crippen LogP contribution in [0.3, 0.4) is 0 Å². The molecule has 1 heterocycles. The molecule has 1 aliphatic rings. The number of nitrogens with zero attached hydrogens (tertiary/aromatic N) is 1. The van der Waals surface area contributed by atoms with Crippen LogP contribution >= 0.6 is 23.4 Å². The minimum absolute atomic E-state index is 0.0621. The van der Waals surface area contributed by atoms with Crippen molar-refractivity contribution in [3.63, 3.8) is 0 Å². The predicted octanol–water partition coefficient (Wildman–Crippen LogP) is 4.47. The number of esters is 1. The molecule has 3 rings (SSSR count). The van der Waals surface area contributed by atoms with Gasteiger partial charge in [0, 0.05) is 11.6 Å². The van der Waals surface area contributed by atoms with E-state index in [1.165, 1.54) is 7.11 Å². The average molecular weight is 528 g/mol. The fourth-order valence-corrected chi connectivity index (χ4v) is 5.14. The third kappa shape index (κ3) is 6.20. The number of methoxy groups -OCH3 is 1. The summed E-state index contributed by atoms with van der Waals surface area (Å²) in [4.78, 5) is 38.2. The number of allylic oxidation sites excluding steroid dienone is 1. The first-order valence-corrected chi connectivity index (χ1v) is 12.5. The summed E-state index contributed by atoms with van der Waals surface area (Å²) in [6.07, 6.45) is 0. The Morgan fingerprint density at radius 3 is 2.47 bits per heavy atom. The Bertz CT molecular complexity index is 1250. The molecule has 2 aromatic rings. The van der Waals surface area contributed by atoms with Crippen LogP contribution in [0.4, 0.5) is 5.69 Å². The molecule has 8 nitrogen and oxygen atoms in total. The maximum Gasteiger partial charge on any atom is 0.319 e. The molecule has 0 bridgehead atoms. The van der Waals surface area contributed by atoms with Crippen molar-refractivity contribution in [1.82, 2.24) is 5.32 Å². The normalized spacial score (nSPS) is 17.2. The molecule has 2 aromatic carbocycles. The fraction of sp³-hybridized carbons (Fsp3) is 0.308. The highest BCUT2D eigenvalue weighted by Gasteiger charge is 2.44. The molecule has 0 saturated carbocycles. The predicted molar refractivity (Wildman–Crippen MR) is 139 cm³/mol. The summed E-state index contributed by atoms with van der Waals surface area (Å²) in [5, 5.41) is 16.0. The van der Waals surface area contributed by atoms with Crippen molar-refractivity contribution in [2.75, 3.05) is 24.8 Å². The molecule has 1 aliphatic heterocycles. The van der Waals surface area contributed by atoms with Crippen LogP contribution in [0, 0.1) is 31.1 Å². The number of carbonyl (C=O) groups excluding carboxylic acids is 3. The van der Waals surface area contributed by atoms with Gasteiger partial charge in [-0.1, -0.05) is 35.5 Å². The zero-order chi connectivity index (χ0) is 26.4. The van der Waals surface area contributed by atoms with Gasteiger partial charge in [0.2, 0.25) is 11.8 Å². The summed E-state index contributed by atoms with van der Waals surface area (Å²) in [5.41, 5.74) is 3.29. The van der Waals surface area contributed by atoms with Gasteiger partial charge >= 0.3 is 5.97 Å². The molecular weight excluding hydrogens is 502 g/mol. The maximum atomic E-state index is 13.0. The van der Waals surface area contributed by atoms with Gasteiger partial charge < -0.3 is 20.1 Å². The lowest BCUT2D eigenvalue weighted by Crippen LogP contribution is -2.44. The lowest BCUT2D eigenvalue weighted by molar-refractivity contribution is -0.150. The van der Waals surface area contributed by atoms with Crippen molar-refractivity contribution in [3.05, 3.63) is 68.7 Å². The smallest absolute Gasteiger partial charge is 0.319 e. The lowest BCUT2D eigenvalue weighted by Gasteiger charge is -2.31. The number of aryl methyl sites for hydroxylation is 2. The SMILES string of the molecule is CCOc1ccc([C@H]2C(C#N)=C(SCC(=O)Nc3cc(C)cc(C)c3)NC(=O)[C@H]2C(=O)OC)cc1Cl. The van der Waals surface area contributed by atoms with E-state index in [9.17, 15) is 19.6 Å². The number of hydrogen-bond acceptors (Lipinski definition) is 7. The Morgan fingerprint density at radius 1 is 1.19 bits per heavy atom. The summed E-state index contributed by atoms with van der Waals surface area (Å²) < 4.78 is 10.3. The van der Waals surface area contributed by atoms with Gasteiger partial charge in [-0.05, 0) is 61.7 Å². The van der Waals surface area contributed by atoms with Crippen LogP contribution in [-0.2, 0) is 19.1 Å². The van der Waals surface area contributed by atoms with Crippen molar-refractivity contribution in [2.24, 2.45) is 5.92 Å². The first-order valence-electron chi connectivity index (χ1n) is 11.1. The van der Waals surface area contributed by atoms with Crippen molar-refractivity contribution < 1.29 is 23.9 Å². The molecule has 0 unspecified atom stereocenters. The minimum atomic E-state index is -1.30. The summed E-state index contributed by atoms with van der Waals surface area (Å²) >= 11 is 7.36. The standard InChI is InChI=1S/C26H26ClN3O5S/c1-5-35-20-7-6-16(11-19(20)27)22-18(12-28)25(30-24(32)23(22)26(33)34-4)36-13-21(31)29-17-9-14(2)8-15(3)10-17/h6-11,22-23H,5,13H2,1-4H3,(H,29,31)(H,30,32)/t22-,23-/m0/s1. The molecule has 0 aromatic heterocycles. The van der Waals surface area contributed by atoms with Gasteiger partial charge in [-0.25, -0.2) is 0 Å². The number of carbonyl (C=O) groups is 3. The number of halogens is 1. The monoisotopic (exact) mass is 527 g/mol. The number of anilines is 1. The summed E-state index contributed by atoms with van der Waals surface area (Å²) in [6, 6.07) is 12.7. The zero-order valence-electron chi connectivity index (χ0n) is 20.3. The molecule has 2 amide bonds. The third-order valence-electron chi connectivity index (χ3n) is 5.45. The molecule has 10 heteroatoms. The van der Waals surface area contributed by atoms with Gasteiger partial charge in [0.25, 0.3) is 0 Å². The number of rotatable bonds is 8. The molecule has 0 radical (unpaired) electrons. The van der Waals surface area contributed by atoms with Crippen molar-refractivity contribution in [1.29, 1.82) is 5.26 Å². The maximum absolute atomic E-state index is 13.0. The Kier molecular flexibility index (Phi) is 9.02. The van der Waals surface area contributed by atoms with Gasteiger partial charge in [-0.15, -0.1) is 0 Å². The van der Waals surface area contributed by atoms with E-state index in [4.69, 9.17) is 21.1 Å². The van der Waals surface area contributed by atoms with E-state index >= 15 is 0 Å². The molecule has 0 aliphatic carbocycles. The van der Waals surface area contributed by atoms with Crippen molar-refractivity contribution in [3.8, 4) is 11.8 Å². The van der Waals surface area contributed by atoms with Crippen LogP contribution in [0.25, 0.3) is 0 Å². The average Bonchev–Trinajstić information content (AvgIpc) is 2.82. The van der Waals surface area contributed by atoms with Crippen molar-refractivity contribution >= 4 is 46.8 Å². The Hall–Kier alpha value is -3.48. The number of hydrogen-bond donors (Lipinski definition) is 2. The lowest BCUT2D eigenvalue weighted by atomic mass is 9.78. The molecule has 0 fully saturated rings. The second-order valence-corrected chi connectivity index (χ2v) is 9.55. The van der Waals surface area contributed by atoms with E-state index in [-0.39, 0.29) is 27.3 Å². The van der Waals surface area contributed by atoms with Crippen molar-refractivity contribution in [2.45, 2.75) is 26.7 Å². The number of amides is 2. The Morgan fingerprint density at radius 2 is 1.89 bits per heavy atom. The minimum Gasteiger partial charge on any atom is -0.492 e. The highest BCUT2D eigenvalue weighted by molar-refractivity contribution is 8.03. The van der Waals surface area contributed by atoms with Crippen LogP contribution < -0.4 is 15.4 Å². The first-order chi connectivity index (χ1) is 17.2. The molecular formula is C26H26ClN3O5S.